The molecule has 202 valence electrons. The molecule has 4 rings (SSSR count). The molecule has 0 radical (unpaired) electrons. The van der Waals surface area contributed by atoms with Crippen molar-refractivity contribution in [2.24, 2.45) is 0 Å². The molecule has 0 aliphatic heterocycles. The maximum atomic E-state index is 13.4. The molecule has 2 aromatic carbocycles. The highest BCUT2D eigenvalue weighted by Gasteiger charge is 2.25. The maximum absolute atomic E-state index is 13.4. The van der Waals surface area contributed by atoms with E-state index >= 15 is 0 Å². The second-order valence-corrected chi connectivity index (χ2v) is 9.52. The lowest BCUT2D eigenvalue weighted by atomic mass is 10.0. The number of aryl methyl sites for hydroxylation is 1. The maximum Gasteiger partial charge on any atom is 0.355 e. The van der Waals surface area contributed by atoms with Gasteiger partial charge in [-0.15, -0.1) is 0 Å². The van der Waals surface area contributed by atoms with Crippen LogP contribution in [0.3, 0.4) is 0 Å². The number of aromatic carboxylic acids is 2. The average molecular weight is 549 g/mol. The fourth-order valence-corrected chi connectivity index (χ4v) is 4.75. The summed E-state index contributed by atoms with van der Waals surface area (Å²) in [5.41, 5.74) is 2.20. The SMILES string of the molecule is CCCCc1nc(Cl)c(C(=O)O)n1Cc1ccc(NC(=O)C(Cc2ccccc2)n2cccc2C(=O)O)cc1. The molecule has 1 unspecified atom stereocenters. The highest BCUT2D eigenvalue weighted by molar-refractivity contribution is 6.32. The van der Waals surface area contributed by atoms with Crippen molar-refractivity contribution in [3.63, 3.8) is 0 Å². The van der Waals surface area contributed by atoms with Gasteiger partial charge in [0.2, 0.25) is 5.91 Å². The number of carbonyl (C=O) groups excluding carboxylic acids is 1. The standard InChI is InChI=1S/C29H29ClN4O5/c1-2-3-11-24-32-26(30)25(29(38)39)34(24)18-20-12-14-21(15-13-20)31-27(35)23(17-19-8-5-4-6-9-19)33-16-7-10-22(33)28(36)37/h4-10,12-16,23H,2-3,11,17-18H2,1H3,(H,31,35)(H,36,37)(H,38,39). The number of imidazole rings is 1. The fraction of sp³-hybridized carbons (Fsp3) is 0.241. The summed E-state index contributed by atoms with van der Waals surface area (Å²) in [6.45, 7) is 2.31. The van der Waals surface area contributed by atoms with Crippen molar-refractivity contribution in [2.45, 2.75) is 45.2 Å². The van der Waals surface area contributed by atoms with E-state index in [-0.39, 0.29) is 29.0 Å². The van der Waals surface area contributed by atoms with Crippen LogP contribution < -0.4 is 5.32 Å². The van der Waals surface area contributed by atoms with Gasteiger partial charge in [-0.05, 0) is 41.8 Å². The number of benzene rings is 2. The lowest BCUT2D eigenvalue weighted by Crippen LogP contribution is -2.29. The van der Waals surface area contributed by atoms with Crippen molar-refractivity contribution in [3.05, 3.63) is 106 Å². The summed E-state index contributed by atoms with van der Waals surface area (Å²) in [5, 5.41) is 22.1. The van der Waals surface area contributed by atoms with Crippen molar-refractivity contribution in [1.82, 2.24) is 14.1 Å². The van der Waals surface area contributed by atoms with Gasteiger partial charge < -0.3 is 24.7 Å². The van der Waals surface area contributed by atoms with Gasteiger partial charge in [0.15, 0.2) is 10.8 Å². The molecule has 4 aromatic rings. The van der Waals surface area contributed by atoms with Crippen LogP contribution in [-0.2, 0) is 24.2 Å². The summed E-state index contributed by atoms with van der Waals surface area (Å²) in [6, 6.07) is 18.7. The molecule has 2 heterocycles. The summed E-state index contributed by atoms with van der Waals surface area (Å²) in [6.07, 6.45) is 4.29. The van der Waals surface area contributed by atoms with Crippen molar-refractivity contribution >= 4 is 35.1 Å². The van der Waals surface area contributed by atoms with Gasteiger partial charge in [-0.2, -0.15) is 0 Å². The average Bonchev–Trinajstić information content (AvgIpc) is 3.52. The second kappa shape index (κ2) is 12.4. The minimum Gasteiger partial charge on any atom is -0.477 e. The number of hydrogen-bond donors (Lipinski definition) is 3. The zero-order valence-electron chi connectivity index (χ0n) is 21.4. The molecule has 0 aliphatic rings. The quantitative estimate of drug-likeness (QED) is 0.213. The molecule has 10 heteroatoms. The van der Waals surface area contributed by atoms with E-state index in [2.05, 4.69) is 10.3 Å². The summed E-state index contributed by atoms with van der Waals surface area (Å²) < 4.78 is 3.08. The minimum absolute atomic E-state index is 0.0218. The minimum atomic E-state index is -1.14. The van der Waals surface area contributed by atoms with Gasteiger partial charge in [-0.25, -0.2) is 14.6 Å². The number of unbranched alkanes of at least 4 members (excludes halogenated alkanes) is 1. The number of halogens is 1. The molecule has 1 amide bonds. The molecule has 0 saturated heterocycles. The van der Waals surface area contributed by atoms with E-state index in [0.717, 1.165) is 24.0 Å². The number of carboxylic acids is 2. The van der Waals surface area contributed by atoms with Crippen LogP contribution in [0.15, 0.2) is 72.9 Å². The lowest BCUT2D eigenvalue weighted by molar-refractivity contribution is -0.119. The van der Waals surface area contributed by atoms with Gasteiger partial charge in [0.05, 0.1) is 0 Å². The number of rotatable bonds is 12. The van der Waals surface area contributed by atoms with E-state index in [4.69, 9.17) is 11.6 Å². The second-order valence-electron chi connectivity index (χ2n) is 9.16. The molecule has 0 saturated carbocycles. The monoisotopic (exact) mass is 548 g/mol. The largest absolute Gasteiger partial charge is 0.477 e. The molecule has 0 bridgehead atoms. The molecule has 0 fully saturated rings. The van der Waals surface area contributed by atoms with Crippen LogP contribution >= 0.6 is 11.6 Å². The van der Waals surface area contributed by atoms with Crippen LogP contribution in [0.25, 0.3) is 0 Å². The Balaban J connectivity index is 1.55. The first-order valence-corrected chi connectivity index (χ1v) is 13.0. The topological polar surface area (TPSA) is 126 Å². The van der Waals surface area contributed by atoms with Gasteiger partial charge in [-0.1, -0.05) is 67.4 Å². The molecule has 1 atom stereocenters. The Morgan fingerprint density at radius 2 is 1.67 bits per heavy atom. The number of nitrogens with zero attached hydrogens (tertiary/aromatic N) is 3. The predicted octanol–water partition coefficient (Wildman–Crippen LogP) is 5.55. The van der Waals surface area contributed by atoms with Crippen molar-refractivity contribution in [3.8, 4) is 0 Å². The van der Waals surface area contributed by atoms with Crippen molar-refractivity contribution in [1.29, 1.82) is 0 Å². The first-order valence-electron chi connectivity index (χ1n) is 12.6. The van der Waals surface area contributed by atoms with Crippen LogP contribution in [0.2, 0.25) is 5.15 Å². The third kappa shape index (κ3) is 6.56. The van der Waals surface area contributed by atoms with Crippen molar-refractivity contribution in [2.75, 3.05) is 5.32 Å². The predicted molar refractivity (Wildman–Crippen MR) is 148 cm³/mol. The van der Waals surface area contributed by atoms with E-state index in [1.807, 2.05) is 37.3 Å². The Morgan fingerprint density at radius 3 is 2.31 bits per heavy atom. The molecular formula is C29H29ClN4O5. The zero-order valence-corrected chi connectivity index (χ0v) is 22.1. The summed E-state index contributed by atoms with van der Waals surface area (Å²) >= 11 is 6.13. The number of hydrogen-bond acceptors (Lipinski definition) is 4. The van der Waals surface area contributed by atoms with Crippen molar-refractivity contribution < 1.29 is 24.6 Å². The van der Waals surface area contributed by atoms with E-state index in [0.29, 0.717) is 24.4 Å². The highest BCUT2D eigenvalue weighted by Crippen LogP contribution is 2.23. The van der Waals surface area contributed by atoms with Gasteiger partial charge in [0, 0.05) is 31.3 Å². The number of nitrogens with one attached hydrogen (secondary N) is 1. The molecular weight excluding hydrogens is 520 g/mol. The zero-order chi connectivity index (χ0) is 27.9. The summed E-state index contributed by atoms with van der Waals surface area (Å²) in [5.74, 6) is -2.01. The number of aromatic nitrogens is 3. The van der Waals surface area contributed by atoms with Gasteiger partial charge in [0.25, 0.3) is 0 Å². The molecule has 3 N–H and O–H groups in total. The Labute approximate surface area is 230 Å². The van der Waals surface area contributed by atoms with E-state index in [9.17, 15) is 24.6 Å². The smallest absolute Gasteiger partial charge is 0.355 e. The Kier molecular flexibility index (Phi) is 8.83. The molecule has 39 heavy (non-hydrogen) atoms. The number of anilines is 1. The summed E-state index contributed by atoms with van der Waals surface area (Å²) in [4.78, 5) is 41.3. The van der Waals surface area contributed by atoms with Crippen LogP contribution in [-0.4, -0.2) is 42.2 Å². The molecule has 0 aliphatic carbocycles. The van der Waals surface area contributed by atoms with E-state index in [1.54, 1.807) is 41.1 Å². The Hall–Kier alpha value is -4.37. The number of amides is 1. The van der Waals surface area contributed by atoms with Gasteiger partial charge >= 0.3 is 11.9 Å². The van der Waals surface area contributed by atoms with E-state index < -0.39 is 18.0 Å². The van der Waals surface area contributed by atoms with Crippen LogP contribution in [0, 0.1) is 0 Å². The third-order valence-corrected chi connectivity index (χ3v) is 6.69. The Morgan fingerprint density at radius 1 is 0.949 bits per heavy atom. The third-order valence-electron chi connectivity index (χ3n) is 6.43. The number of carbonyl (C=O) groups is 3. The fourth-order valence-electron chi connectivity index (χ4n) is 4.47. The molecule has 9 nitrogen and oxygen atoms in total. The molecule has 0 spiro atoms. The lowest BCUT2D eigenvalue weighted by Gasteiger charge is -2.20. The van der Waals surface area contributed by atoms with Gasteiger partial charge in [-0.3, -0.25) is 4.79 Å². The highest BCUT2D eigenvalue weighted by atomic mass is 35.5. The van der Waals surface area contributed by atoms with Crippen LogP contribution in [0.5, 0.6) is 0 Å². The van der Waals surface area contributed by atoms with E-state index in [1.165, 1.54) is 10.6 Å². The van der Waals surface area contributed by atoms with Gasteiger partial charge in [0.1, 0.15) is 17.6 Å². The van der Waals surface area contributed by atoms with Crippen LogP contribution in [0.4, 0.5) is 5.69 Å². The number of carboxylic acid groups (broad SMARTS) is 2. The summed E-state index contributed by atoms with van der Waals surface area (Å²) in [7, 11) is 0. The Bertz CT molecular complexity index is 1460. The first kappa shape index (κ1) is 27.7. The molecule has 2 aromatic heterocycles. The first-order chi connectivity index (χ1) is 18.8. The normalized spacial score (nSPS) is 11.7. The van der Waals surface area contributed by atoms with Crippen LogP contribution in [0.1, 0.15) is 63.7 Å².